The molecule has 0 fully saturated rings. The molecule has 2 aliphatic heterocycles. The molecule has 112 valence electrons. The van der Waals surface area contributed by atoms with Crippen LogP contribution in [0.3, 0.4) is 0 Å². The SMILES string of the molecule is CC1=C(N2Cc3cccnc3C2)N=CNC1N[C@H](C)CO. The minimum atomic E-state index is -0.00341. The van der Waals surface area contributed by atoms with Crippen LogP contribution < -0.4 is 10.6 Å². The number of aliphatic hydroxyl groups is 1. The van der Waals surface area contributed by atoms with Crippen molar-refractivity contribution >= 4 is 6.34 Å². The van der Waals surface area contributed by atoms with Gasteiger partial charge >= 0.3 is 0 Å². The average molecular weight is 287 g/mol. The number of aliphatic imine (C=N–C) groups is 1. The highest BCUT2D eigenvalue weighted by Crippen LogP contribution is 2.27. The van der Waals surface area contributed by atoms with Crippen molar-refractivity contribution in [2.45, 2.75) is 39.1 Å². The fraction of sp³-hybridized carbons (Fsp3) is 0.467. The van der Waals surface area contributed by atoms with Crippen molar-refractivity contribution in [3.05, 3.63) is 41.0 Å². The van der Waals surface area contributed by atoms with E-state index in [1.54, 1.807) is 6.34 Å². The van der Waals surface area contributed by atoms with Crippen LogP contribution in [0, 0.1) is 0 Å². The molecule has 2 aliphatic rings. The zero-order valence-electron chi connectivity index (χ0n) is 12.4. The van der Waals surface area contributed by atoms with E-state index in [0.29, 0.717) is 0 Å². The van der Waals surface area contributed by atoms with Crippen LogP contribution >= 0.6 is 0 Å². The maximum Gasteiger partial charge on any atom is 0.133 e. The lowest BCUT2D eigenvalue weighted by Crippen LogP contribution is -2.50. The van der Waals surface area contributed by atoms with E-state index < -0.39 is 0 Å². The Morgan fingerprint density at radius 3 is 3.14 bits per heavy atom. The summed E-state index contributed by atoms with van der Waals surface area (Å²) < 4.78 is 0. The lowest BCUT2D eigenvalue weighted by molar-refractivity contribution is 0.240. The van der Waals surface area contributed by atoms with Crippen LogP contribution in [0.4, 0.5) is 0 Å². The summed E-state index contributed by atoms with van der Waals surface area (Å²) in [7, 11) is 0. The Morgan fingerprint density at radius 2 is 2.38 bits per heavy atom. The summed E-state index contributed by atoms with van der Waals surface area (Å²) >= 11 is 0. The molecule has 1 unspecified atom stereocenters. The average Bonchev–Trinajstić information content (AvgIpc) is 2.92. The molecule has 0 radical (unpaired) electrons. The minimum Gasteiger partial charge on any atom is -0.395 e. The predicted octanol–water partition coefficient (Wildman–Crippen LogP) is 0.557. The largest absolute Gasteiger partial charge is 0.395 e. The van der Waals surface area contributed by atoms with Crippen LogP contribution in [0.2, 0.25) is 0 Å². The van der Waals surface area contributed by atoms with E-state index in [9.17, 15) is 5.11 Å². The Hall–Kier alpha value is -1.92. The Morgan fingerprint density at radius 1 is 1.52 bits per heavy atom. The highest BCUT2D eigenvalue weighted by Gasteiger charge is 2.26. The third-order valence-corrected chi connectivity index (χ3v) is 3.92. The smallest absolute Gasteiger partial charge is 0.133 e. The summed E-state index contributed by atoms with van der Waals surface area (Å²) in [4.78, 5) is 11.2. The summed E-state index contributed by atoms with van der Waals surface area (Å²) in [5, 5.41) is 15.7. The van der Waals surface area contributed by atoms with Gasteiger partial charge in [0.1, 0.15) is 12.0 Å². The monoisotopic (exact) mass is 287 g/mol. The Bertz CT molecular complexity index is 558. The molecule has 0 saturated carbocycles. The number of pyridine rings is 1. The number of hydrogen-bond acceptors (Lipinski definition) is 6. The van der Waals surface area contributed by atoms with E-state index in [4.69, 9.17) is 0 Å². The van der Waals surface area contributed by atoms with Crippen LogP contribution in [0.1, 0.15) is 25.1 Å². The number of nitrogens with one attached hydrogen (secondary N) is 2. The van der Waals surface area contributed by atoms with E-state index in [0.717, 1.165) is 30.2 Å². The molecular formula is C15H21N5O. The molecule has 0 saturated heterocycles. The third-order valence-electron chi connectivity index (χ3n) is 3.92. The van der Waals surface area contributed by atoms with Gasteiger partial charge in [-0.05, 0) is 25.5 Å². The van der Waals surface area contributed by atoms with E-state index in [1.807, 2.05) is 19.2 Å². The Kier molecular flexibility index (Phi) is 3.90. The van der Waals surface area contributed by atoms with Gasteiger partial charge in [0.25, 0.3) is 0 Å². The zero-order valence-corrected chi connectivity index (χ0v) is 12.4. The van der Waals surface area contributed by atoms with Crippen LogP contribution in [0.25, 0.3) is 0 Å². The summed E-state index contributed by atoms with van der Waals surface area (Å²) in [5.74, 6) is 0.981. The van der Waals surface area contributed by atoms with Crippen molar-refractivity contribution in [1.82, 2.24) is 20.5 Å². The van der Waals surface area contributed by atoms with Crippen molar-refractivity contribution in [3.63, 3.8) is 0 Å². The van der Waals surface area contributed by atoms with Gasteiger partial charge in [-0.1, -0.05) is 6.07 Å². The van der Waals surface area contributed by atoms with Crippen LogP contribution in [0.15, 0.2) is 34.7 Å². The lowest BCUT2D eigenvalue weighted by Gasteiger charge is -2.30. The summed E-state index contributed by atoms with van der Waals surface area (Å²) in [6.07, 6.45) is 3.56. The molecular weight excluding hydrogens is 266 g/mol. The van der Waals surface area contributed by atoms with Gasteiger partial charge in [-0.3, -0.25) is 10.3 Å². The first-order valence-electron chi connectivity index (χ1n) is 7.23. The minimum absolute atomic E-state index is 0.00341. The van der Waals surface area contributed by atoms with Crippen molar-refractivity contribution in [2.75, 3.05) is 6.61 Å². The number of nitrogens with zero attached hydrogens (tertiary/aromatic N) is 3. The Balaban J connectivity index is 1.78. The predicted molar refractivity (Wildman–Crippen MR) is 81.3 cm³/mol. The fourth-order valence-electron chi connectivity index (χ4n) is 2.72. The van der Waals surface area contributed by atoms with E-state index in [-0.39, 0.29) is 18.8 Å². The topological polar surface area (TPSA) is 72.8 Å². The zero-order chi connectivity index (χ0) is 14.8. The molecule has 3 heterocycles. The van der Waals surface area contributed by atoms with Crippen molar-refractivity contribution in [1.29, 1.82) is 0 Å². The fourth-order valence-corrected chi connectivity index (χ4v) is 2.72. The molecule has 0 spiro atoms. The molecule has 0 aromatic carbocycles. The molecule has 1 aromatic heterocycles. The van der Waals surface area contributed by atoms with Gasteiger partial charge in [0.15, 0.2) is 0 Å². The maximum atomic E-state index is 9.19. The molecule has 0 bridgehead atoms. The number of fused-ring (bicyclic) bond motifs is 1. The normalized spacial score (nSPS) is 22.2. The molecule has 6 nitrogen and oxygen atoms in total. The van der Waals surface area contributed by atoms with Gasteiger partial charge in [0.05, 0.1) is 25.2 Å². The van der Waals surface area contributed by atoms with Crippen LogP contribution in [-0.2, 0) is 13.1 Å². The molecule has 0 amide bonds. The van der Waals surface area contributed by atoms with Crippen molar-refractivity contribution in [2.24, 2.45) is 4.99 Å². The number of aromatic nitrogens is 1. The van der Waals surface area contributed by atoms with Gasteiger partial charge < -0.3 is 15.3 Å². The Labute approximate surface area is 124 Å². The standard InChI is InChI=1S/C15H21N5O/c1-10(8-21)19-14-11(2)15(18-9-17-14)20-6-12-4-3-5-16-13(12)7-20/h3-5,9-10,14,19,21H,6-8H2,1-2H3,(H,17,18)/t10-,14?/m1/s1. The lowest BCUT2D eigenvalue weighted by atomic mass is 10.1. The van der Waals surface area contributed by atoms with Crippen LogP contribution in [0.5, 0.6) is 0 Å². The molecule has 2 atom stereocenters. The molecule has 3 rings (SSSR count). The first-order valence-corrected chi connectivity index (χ1v) is 7.23. The van der Waals surface area contributed by atoms with E-state index in [2.05, 4.69) is 38.5 Å². The van der Waals surface area contributed by atoms with Crippen LogP contribution in [-0.4, -0.2) is 40.1 Å². The van der Waals surface area contributed by atoms with Gasteiger partial charge in [-0.25, -0.2) is 4.99 Å². The van der Waals surface area contributed by atoms with Gasteiger partial charge in [0, 0.05) is 24.4 Å². The molecule has 0 aliphatic carbocycles. The van der Waals surface area contributed by atoms with Crippen molar-refractivity contribution in [3.8, 4) is 0 Å². The molecule has 1 aromatic rings. The second kappa shape index (κ2) is 5.83. The number of aliphatic hydroxyl groups excluding tert-OH is 1. The summed E-state index contributed by atoms with van der Waals surface area (Å²) in [5.41, 5.74) is 3.52. The van der Waals surface area contributed by atoms with Gasteiger partial charge in [-0.15, -0.1) is 0 Å². The summed E-state index contributed by atoms with van der Waals surface area (Å²) in [6, 6.07) is 4.12. The van der Waals surface area contributed by atoms with Gasteiger partial charge in [0.2, 0.25) is 0 Å². The second-order valence-electron chi connectivity index (χ2n) is 5.58. The van der Waals surface area contributed by atoms with Crippen molar-refractivity contribution < 1.29 is 5.11 Å². The summed E-state index contributed by atoms with van der Waals surface area (Å²) in [6.45, 7) is 5.77. The highest BCUT2D eigenvalue weighted by molar-refractivity contribution is 5.60. The highest BCUT2D eigenvalue weighted by atomic mass is 16.3. The first-order chi connectivity index (χ1) is 10.2. The van der Waals surface area contributed by atoms with E-state index >= 15 is 0 Å². The second-order valence-corrected chi connectivity index (χ2v) is 5.58. The quantitative estimate of drug-likeness (QED) is 0.754. The maximum absolute atomic E-state index is 9.19. The molecule has 3 N–H and O–H groups in total. The molecule has 21 heavy (non-hydrogen) atoms. The number of hydrogen-bond donors (Lipinski definition) is 3. The van der Waals surface area contributed by atoms with E-state index in [1.165, 1.54) is 5.56 Å². The number of rotatable bonds is 4. The van der Waals surface area contributed by atoms with Gasteiger partial charge in [-0.2, -0.15) is 0 Å². The first kappa shape index (κ1) is 14.0. The third kappa shape index (κ3) is 2.77. The molecule has 6 heteroatoms.